The first-order valence-corrected chi connectivity index (χ1v) is 7.91. The van der Waals surface area contributed by atoms with E-state index in [1.807, 2.05) is 0 Å². The van der Waals surface area contributed by atoms with Crippen LogP contribution in [0, 0.1) is 5.41 Å². The summed E-state index contributed by atoms with van der Waals surface area (Å²) >= 11 is 6.22. The van der Waals surface area contributed by atoms with Gasteiger partial charge in [-0.2, -0.15) is 0 Å². The summed E-state index contributed by atoms with van der Waals surface area (Å²) in [6, 6.07) is 12.1. The van der Waals surface area contributed by atoms with Gasteiger partial charge in [0, 0.05) is 24.8 Å². The molecule has 1 unspecified atom stereocenters. The van der Waals surface area contributed by atoms with Crippen molar-refractivity contribution >= 4 is 35.8 Å². The molecule has 4 N–H and O–H groups in total. The van der Waals surface area contributed by atoms with E-state index in [2.05, 4.69) is 5.32 Å². The number of hydrogen-bond donors (Lipinski definition) is 3. The second-order valence-corrected chi connectivity index (χ2v) is 5.74. The lowest BCUT2D eigenvalue weighted by molar-refractivity contribution is -0.131. The van der Waals surface area contributed by atoms with Gasteiger partial charge in [0.15, 0.2) is 6.10 Å². The molecule has 0 fully saturated rings. The Morgan fingerprint density at radius 2 is 1.88 bits per heavy atom. The summed E-state index contributed by atoms with van der Waals surface area (Å²) in [6.45, 7) is 0.324. The fourth-order valence-electron chi connectivity index (χ4n) is 2.31. The fourth-order valence-corrected chi connectivity index (χ4v) is 2.58. The van der Waals surface area contributed by atoms with E-state index in [9.17, 15) is 4.79 Å². The smallest absolute Gasteiger partial charge is 0.254 e. The van der Waals surface area contributed by atoms with Crippen LogP contribution in [-0.2, 0) is 16.1 Å². The Balaban J connectivity index is 0.00000338. The zero-order valence-electron chi connectivity index (χ0n) is 14.4. The van der Waals surface area contributed by atoms with Crippen molar-refractivity contribution in [3.05, 3.63) is 64.2 Å². The van der Waals surface area contributed by atoms with Gasteiger partial charge >= 0.3 is 0 Å². The molecule has 0 aliphatic heterocycles. The Labute approximate surface area is 163 Å². The minimum Gasteiger partial charge on any atom is -0.497 e. The highest BCUT2D eigenvalue weighted by molar-refractivity contribution is 6.31. The Hall–Kier alpha value is -2.28. The van der Waals surface area contributed by atoms with Gasteiger partial charge in [-0.15, -0.1) is 12.4 Å². The van der Waals surface area contributed by atoms with Crippen molar-refractivity contribution in [3.63, 3.8) is 0 Å². The van der Waals surface area contributed by atoms with Gasteiger partial charge in [-0.1, -0.05) is 41.9 Å². The maximum absolute atomic E-state index is 12.4. The van der Waals surface area contributed by atoms with E-state index in [4.69, 9.17) is 32.2 Å². The first-order chi connectivity index (χ1) is 12.0. The highest BCUT2D eigenvalue weighted by Gasteiger charge is 2.22. The molecule has 26 heavy (non-hydrogen) atoms. The van der Waals surface area contributed by atoms with Gasteiger partial charge in [-0.05, 0) is 17.7 Å². The van der Waals surface area contributed by atoms with Gasteiger partial charge < -0.3 is 20.5 Å². The lowest BCUT2D eigenvalue weighted by Crippen LogP contribution is -2.30. The third kappa shape index (κ3) is 5.36. The largest absolute Gasteiger partial charge is 0.497 e. The molecule has 1 amide bonds. The summed E-state index contributed by atoms with van der Waals surface area (Å²) in [6.07, 6.45) is -0.824. The van der Waals surface area contributed by atoms with Crippen LogP contribution < -0.4 is 15.8 Å². The molecule has 2 aromatic rings. The molecule has 0 bridgehead atoms. The number of nitrogens with two attached hydrogens (primary N) is 1. The minimum atomic E-state index is -0.824. The molecule has 0 saturated carbocycles. The number of halogens is 2. The number of carbonyl (C=O) groups excluding carboxylic acids is 1. The van der Waals surface area contributed by atoms with Gasteiger partial charge in [0.05, 0.1) is 12.1 Å². The molecule has 0 aliphatic rings. The Bertz CT molecular complexity index is 767. The van der Waals surface area contributed by atoms with Crippen molar-refractivity contribution < 1.29 is 14.3 Å². The van der Waals surface area contributed by atoms with Crippen LogP contribution in [0.25, 0.3) is 0 Å². The summed E-state index contributed by atoms with van der Waals surface area (Å²) in [5.41, 5.74) is 7.50. The molecule has 0 aromatic heterocycles. The Morgan fingerprint density at radius 1 is 1.23 bits per heavy atom. The number of hydrogen-bond acceptors (Lipinski definition) is 4. The normalized spacial score (nSPS) is 11.2. The van der Waals surface area contributed by atoms with Gasteiger partial charge in [0.1, 0.15) is 11.6 Å². The van der Waals surface area contributed by atoms with E-state index >= 15 is 0 Å². The SMILES string of the molecule is COc1ccc(C(OC)C(=O)NCc2ccc(C(=N)N)cc2)c(Cl)c1.Cl. The van der Waals surface area contributed by atoms with Crippen molar-refractivity contribution in [3.8, 4) is 5.75 Å². The number of benzene rings is 2. The maximum Gasteiger partial charge on any atom is 0.254 e. The molecule has 1 atom stereocenters. The summed E-state index contributed by atoms with van der Waals surface area (Å²) in [4.78, 5) is 12.4. The Kier molecular flexibility index (Phi) is 8.38. The molecule has 0 heterocycles. The van der Waals surface area contributed by atoms with E-state index in [0.717, 1.165) is 5.56 Å². The topological polar surface area (TPSA) is 97.4 Å². The first kappa shape index (κ1) is 21.8. The van der Waals surface area contributed by atoms with Crippen molar-refractivity contribution in [1.82, 2.24) is 5.32 Å². The highest BCUT2D eigenvalue weighted by Crippen LogP contribution is 2.29. The first-order valence-electron chi connectivity index (χ1n) is 7.53. The van der Waals surface area contributed by atoms with Gasteiger partial charge in [0.25, 0.3) is 5.91 Å². The van der Waals surface area contributed by atoms with Crippen LogP contribution in [0.2, 0.25) is 5.02 Å². The standard InChI is InChI=1S/C18H20ClN3O3.ClH/c1-24-13-7-8-14(15(19)9-13)16(25-2)18(23)22-10-11-3-5-12(6-4-11)17(20)21;/h3-9,16H,10H2,1-2H3,(H3,20,21)(H,22,23);1H. The van der Waals surface area contributed by atoms with E-state index in [1.54, 1.807) is 49.6 Å². The van der Waals surface area contributed by atoms with Crippen LogP contribution in [-0.4, -0.2) is 26.0 Å². The molecule has 0 spiro atoms. The summed E-state index contributed by atoms with van der Waals surface area (Å²) < 4.78 is 10.4. The number of amidine groups is 1. The molecule has 140 valence electrons. The molecule has 0 aliphatic carbocycles. The quantitative estimate of drug-likeness (QED) is 0.493. The molecule has 0 saturated heterocycles. The molecular weight excluding hydrogens is 377 g/mol. The molecule has 0 radical (unpaired) electrons. The maximum atomic E-state index is 12.4. The van der Waals surface area contributed by atoms with Crippen molar-refractivity contribution in [2.45, 2.75) is 12.6 Å². The third-order valence-electron chi connectivity index (χ3n) is 3.70. The van der Waals surface area contributed by atoms with E-state index in [0.29, 0.717) is 28.4 Å². The van der Waals surface area contributed by atoms with Gasteiger partial charge in [-0.25, -0.2) is 0 Å². The lowest BCUT2D eigenvalue weighted by Gasteiger charge is -2.17. The number of methoxy groups -OCH3 is 2. The molecule has 8 heteroatoms. The second kappa shape index (κ2) is 10.0. The number of carbonyl (C=O) groups is 1. The number of nitrogen functional groups attached to an aromatic ring is 1. The van der Waals surface area contributed by atoms with Crippen molar-refractivity contribution in [2.75, 3.05) is 14.2 Å². The zero-order chi connectivity index (χ0) is 18.4. The monoisotopic (exact) mass is 397 g/mol. The van der Waals surface area contributed by atoms with Crippen molar-refractivity contribution in [2.24, 2.45) is 5.73 Å². The molecule has 6 nitrogen and oxygen atoms in total. The molecule has 2 aromatic carbocycles. The van der Waals surface area contributed by atoms with E-state index in [-0.39, 0.29) is 24.1 Å². The summed E-state index contributed by atoms with van der Waals surface area (Å²) in [5, 5.41) is 10.6. The van der Waals surface area contributed by atoms with Crippen LogP contribution in [0.5, 0.6) is 5.75 Å². The van der Waals surface area contributed by atoms with E-state index in [1.165, 1.54) is 7.11 Å². The minimum absolute atomic E-state index is 0. The van der Waals surface area contributed by atoms with Crippen LogP contribution in [0.15, 0.2) is 42.5 Å². The fraction of sp³-hybridized carbons (Fsp3) is 0.222. The van der Waals surface area contributed by atoms with Crippen LogP contribution in [0.3, 0.4) is 0 Å². The molecule has 2 rings (SSSR count). The number of ether oxygens (including phenoxy) is 2. The molecular formula is C18H21Cl2N3O3. The van der Waals surface area contributed by atoms with E-state index < -0.39 is 6.10 Å². The van der Waals surface area contributed by atoms with Crippen LogP contribution in [0.4, 0.5) is 0 Å². The summed E-state index contributed by atoms with van der Waals surface area (Å²) in [5.74, 6) is 0.309. The summed E-state index contributed by atoms with van der Waals surface area (Å²) in [7, 11) is 3.00. The third-order valence-corrected chi connectivity index (χ3v) is 4.02. The van der Waals surface area contributed by atoms with Crippen LogP contribution >= 0.6 is 24.0 Å². The number of rotatable bonds is 7. The average molecular weight is 398 g/mol. The predicted molar refractivity (Wildman–Crippen MR) is 104 cm³/mol. The zero-order valence-corrected chi connectivity index (χ0v) is 16.0. The average Bonchev–Trinajstić information content (AvgIpc) is 2.62. The highest BCUT2D eigenvalue weighted by atomic mass is 35.5. The van der Waals surface area contributed by atoms with Crippen LogP contribution in [0.1, 0.15) is 22.8 Å². The van der Waals surface area contributed by atoms with Gasteiger partial charge in [-0.3, -0.25) is 10.2 Å². The predicted octanol–water partition coefficient (Wildman–Crippen LogP) is 3.06. The van der Waals surface area contributed by atoms with Gasteiger partial charge in [0.2, 0.25) is 0 Å². The second-order valence-electron chi connectivity index (χ2n) is 5.33. The number of amides is 1. The lowest BCUT2D eigenvalue weighted by atomic mass is 10.1. The number of nitrogens with one attached hydrogen (secondary N) is 2. The van der Waals surface area contributed by atoms with Crippen molar-refractivity contribution in [1.29, 1.82) is 5.41 Å². The Morgan fingerprint density at radius 3 is 2.38 bits per heavy atom.